The van der Waals surface area contributed by atoms with Crippen LogP contribution in [0.3, 0.4) is 0 Å². The lowest BCUT2D eigenvalue weighted by Crippen LogP contribution is -2.13. The number of rotatable bonds is 3. The highest BCUT2D eigenvalue weighted by Gasteiger charge is 2.15. The fourth-order valence-electron chi connectivity index (χ4n) is 1.30. The van der Waals surface area contributed by atoms with Crippen molar-refractivity contribution in [3.05, 3.63) is 29.3 Å². The number of amides is 1. The number of nitrogen functional groups attached to an aromatic ring is 1. The van der Waals surface area contributed by atoms with Crippen molar-refractivity contribution in [1.29, 1.82) is 0 Å². The van der Waals surface area contributed by atoms with E-state index in [1.165, 1.54) is 12.3 Å². The van der Waals surface area contributed by atoms with Gasteiger partial charge >= 0.3 is 0 Å². The molecule has 0 aliphatic heterocycles. The van der Waals surface area contributed by atoms with Gasteiger partial charge in [-0.25, -0.2) is 9.97 Å². The Morgan fingerprint density at radius 1 is 1.44 bits per heavy atom. The molecule has 0 bridgehead atoms. The highest BCUT2D eigenvalue weighted by atomic mass is 32.2. The van der Waals surface area contributed by atoms with Crippen LogP contribution in [0.4, 0.5) is 5.69 Å². The third-order valence-corrected chi connectivity index (χ3v) is 3.20. The zero-order valence-electron chi connectivity index (χ0n) is 9.93. The van der Waals surface area contributed by atoms with Crippen LogP contribution < -0.4 is 11.5 Å². The molecule has 0 aromatic carbocycles. The van der Waals surface area contributed by atoms with Crippen molar-refractivity contribution in [2.75, 3.05) is 5.73 Å². The smallest absolute Gasteiger partial charge is 0.262 e. The average molecular weight is 264 g/mol. The van der Waals surface area contributed by atoms with Gasteiger partial charge in [-0.2, -0.15) is 0 Å². The standard InChI is InChI=1S/C11H12N4O2S/c1-5-6(2)17-11(15-5)18-10-8(9(13)16)3-7(12)4-14-10/h3-4H,12H2,1-2H3,(H2,13,16). The van der Waals surface area contributed by atoms with E-state index < -0.39 is 5.91 Å². The second-order valence-corrected chi connectivity index (χ2v) is 4.65. The molecule has 1 amide bonds. The molecule has 7 heteroatoms. The van der Waals surface area contributed by atoms with E-state index in [1.807, 2.05) is 13.8 Å². The number of aryl methyl sites for hydroxylation is 2. The molecule has 2 rings (SSSR count). The second-order valence-electron chi connectivity index (χ2n) is 3.71. The molecule has 4 N–H and O–H groups in total. The number of carbonyl (C=O) groups excluding carboxylic acids is 1. The van der Waals surface area contributed by atoms with Crippen LogP contribution in [0.15, 0.2) is 26.9 Å². The predicted molar refractivity (Wildman–Crippen MR) is 67.3 cm³/mol. The number of hydrogen-bond acceptors (Lipinski definition) is 6. The Kier molecular flexibility index (Phi) is 3.24. The van der Waals surface area contributed by atoms with Gasteiger partial charge in [0.2, 0.25) is 0 Å². The largest absolute Gasteiger partial charge is 0.436 e. The minimum Gasteiger partial charge on any atom is -0.436 e. The Balaban J connectivity index is 2.36. The second kappa shape index (κ2) is 4.69. The number of nitrogens with zero attached hydrogens (tertiary/aromatic N) is 2. The van der Waals surface area contributed by atoms with Crippen LogP contribution in [-0.2, 0) is 0 Å². The van der Waals surface area contributed by atoms with Gasteiger partial charge in [0.15, 0.2) is 0 Å². The zero-order valence-corrected chi connectivity index (χ0v) is 10.7. The fraction of sp³-hybridized carbons (Fsp3) is 0.182. The van der Waals surface area contributed by atoms with Crippen LogP contribution in [-0.4, -0.2) is 15.9 Å². The number of anilines is 1. The first-order valence-electron chi connectivity index (χ1n) is 5.14. The van der Waals surface area contributed by atoms with Crippen molar-refractivity contribution < 1.29 is 9.21 Å². The average Bonchev–Trinajstić information content (AvgIpc) is 2.60. The molecule has 18 heavy (non-hydrogen) atoms. The summed E-state index contributed by atoms with van der Waals surface area (Å²) in [6.45, 7) is 3.66. The number of oxazole rings is 1. The molecule has 0 atom stereocenters. The number of nitrogens with two attached hydrogens (primary N) is 2. The van der Waals surface area contributed by atoms with Gasteiger partial charge < -0.3 is 15.9 Å². The van der Waals surface area contributed by atoms with E-state index in [2.05, 4.69) is 9.97 Å². The number of carbonyl (C=O) groups is 1. The molecular weight excluding hydrogens is 252 g/mol. The maximum absolute atomic E-state index is 11.3. The molecule has 0 saturated heterocycles. The lowest BCUT2D eigenvalue weighted by atomic mass is 10.2. The number of primary amides is 1. The monoisotopic (exact) mass is 264 g/mol. The molecule has 0 aliphatic carbocycles. The topological polar surface area (TPSA) is 108 Å². The van der Waals surface area contributed by atoms with Gasteiger partial charge in [-0.05, 0) is 31.7 Å². The van der Waals surface area contributed by atoms with Gasteiger partial charge in [-0.15, -0.1) is 0 Å². The van der Waals surface area contributed by atoms with Crippen LogP contribution in [0, 0.1) is 13.8 Å². The zero-order chi connectivity index (χ0) is 13.3. The molecule has 94 valence electrons. The van der Waals surface area contributed by atoms with E-state index in [1.54, 1.807) is 0 Å². The third-order valence-electron chi connectivity index (χ3n) is 2.33. The summed E-state index contributed by atoms with van der Waals surface area (Å²) in [5.41, 5.74) is 12.3. The first kappa shape index (κ1) is 12.4. The first-order chi connectivity index (χ1) is 8.47. The Morgan fingerprint density at radius 2 is 2.17 bits per heavy atom. The third kappa shape index (κ3) is 2.45. The van der Waals surface area contributed by atoms with E-state index in [-0.39, 0.29) is 5.56 Å². The van der Waals surface area contributed by atoms with E-state index in [4.69, 9.17) is 15.9 Å². The SMILES string of the molecule is Cc1nc(Sc2ncc(N)cc2C(N)=O)oc1C. The summed E-state index contributed by atoms with van der Waals surface area (Å²) in [4.78, 5) is 19.6. The van der Waals surface area contributed by atoms with E-state index >= 15 is 0 Å². The fourth-order valence-corrected chi connectivity index (χ4v) is 2.19. The molecule has 0 spiro atoms. The Bertz CT molecular complexity index is 590. The van der Waals surface area contributed by atoms with Crippen molar-refractivity contribution >= 4 is 23.4 Å². The summed E-state index contributed by atoms with van der Waals surface area (Å²) in [5.74, 6) is 0.144. The summed E-state index contributed by atoms with van der Waals surface area (Å²) in [7, 11) is 0. The van der Waals surface area contributed by atoms with E-state index in [0.29, 0.717) is 15.9 Å². The molecule has 0 saturated carbocycles. The van der Waals surface area contributed by atoms with E-state index in [9.17, 15) is 4.79 Å². The van der Waals surface area contributed by atoms with Gasteiger partial charge in [-0.1, -0.05) is 0 Å². The summed E-state index contributed by atoms with van der Waals surface area (Å²) in [6, 6.07) is 1.49. The molecule has 0 radical (unpaired) electrons. The summed E-state index contributed by atoms with van der Waals surface area (Å²) in [6.07, 6.45) is 1.46. The first-order valence-corrected chi connectivity index (χ1v) is 5.96. The molecule has 0 unspecified atom stereocenters. The van der Waals surface area contributed by atoms with Crippen molar-refractivity contribution in [3.8, 4) is 0 Å². The molecule has 0 fully saturated rings. The van der Waals surface area contributed by atoms with Crippen LogP contribution in [0.2, 0.25) is 0 Å². The van der Waals surface area contributed by atoms with Gasteiger partial charge in [-0.3, -0.25) is 4.79 Å². The van der Waals surface area contributed by atoms with Crippen molar-refractivity contribution in [1.82, 2.24) is 9.97 Å². The van der Waals surface area contributed by atoms with Crippen molar-refractivity contribution in [2.45, 2.75) is 24.1 Å². The number of aromatic nitrogens is 2. The van der Waals surface area contributed by atoms with Crippen molar-refractivity contribution in [3.63, 3.8) is 0 Å². The Labute approximate surface area is 108 Å². The molecule has 6 nitrogen and oxygen atoms in total. The summed E-state index contributed by atoms with van der Waals surface area (Å²) >= 11 is 1.14. The lowest BCUT2D eigenvalue weighted by Gasteiger charge is -2.03. The maximum Gasteiger partial charge on any atom is 0.262 e. The van der Waals surface area contributed by atoms with Crippen molar-refractivity contribution in [2.24, 2.45) is 5.73 Å². The minimum atomic E-state index is -0.586. The molecule has 0 aliphatic rings. The molecule has 2 heterocycles. The number of pyridine rings is 1. The highest BCUT2D eigenvalue weighted by Crippen LogP contribution is 2.29. The van der Waals surface area contributed by atoms with Gasteiger partial charge in [0.25, 0.3) is 11.1 Å². The van der Waals surface area contributed by atoms with Gasteiger partial charge in [0.05, 0.1) is 23.1 Å². The van der Waals surface area contributed by atoms with Crippen LogP contribution in [0.1, 0.15) is 21.8 Å². The van der Waals surface area contributed by atoms with Crippen LogP contribution in [0.25, 0.3) is 0 Å². The van der Waals surface area contributed by atoms with E-state index in [0.717, 1.165) is 23.2 Å². The molecule has 2 aromatic rings. The highest BCUT2D eigenvalue weighted by molar-refractivity contribution is 7.99. The van der Waals surface area contributed by atoms with Crippen LogP contribution in [0.5, 0.6) is 0 Å². The Morgan fingerprint density at radius 3 is 2.72 bits per heavy atom. The summed E-state index contributed by atoms with van der Waals surface area (Å²) in [5, 5.41) is 0.850. The molecule has 2 aromatic heterocycles. The number of hydrogen-bond donors (Lipinski definition) is 2. The molecular formula is C11H12N4O2S. The van der Waals surface area contributed by atoms with Crippen LogP contribution >= 0.6 is 11.8 Å². The predicted octanol–water partition coefficient (Wildman–Crippen LogP) is 1.52. The normalized spacial score (nSPS) is 10.6. The maximum atomic E-state index is 11.3. The Hall–Kier alpha value is -2.02. The van der Waals surface area contributed by atoms with Gasteiger partial charge in [0.1, 0.15) is 10.8 Å². The quantitative estimate of drug-likeness (QED) is 0.870. The summed E-state index contributed by atoms with van der Waals surface area (Å²) < 4.78 is 5.41. The minimum absolute atomic E-state index is 0.258. The van der Waals surface area contributed by atoms with Gasteiger partial charge in [0, 0.05) is 0 Å². The lowest BCUT2D eigenvalue weighted by molar-refractivity contribution is 0.0997.